The number of aromatic nitrogens is 1. The van der Waals surface area contributed by atoms with Gasteiger partial charge < -0.3 is 4.90 Å². The Hall–Kier alpha value is -2.57. The van der Waals surface area contributed by atoms with Crippen LogP contribution in [-0.2, 0) is 11.3 Å². The first-order chi connectivity index (χ1) is 12.8. The van der Waals surface area contributed by atoms with Gasteiger partial charge in [0.05, 0.1) is 6.21 Å². The largest absolute Gasteiger partial charge is 0.300 e. The molecule has 1 N–H and O–H groups in total. The number of benzene rings is 1. The lowest BCUT2D eigenvalue weighted by molar-refractivity contribution is -0.121. The lowest BCUT2D eigenvalue weighted by Gasteiger charge is -2.34. The normalized spacial score (nSPS) is 16.0. The number of amides is 1. The van der Waals surface area contributed by atoms with Gasteiger partial charge in [-0.15, -0.1) is 0 Å². The molecule has 136 valence electrons. The first-order valence-corrected chi connectivity index (χ1v) is 9.00. The van der Waals surface area contributed by atoms with E-state index >= 15 is 0 Å². The van der Waals surface area contributed by atoms with Gasteiger partial charge in [-0.3, -0.25) is 14.7 Å². The predicted molar refractivity (Wildman–Crippen MR) is 103 cm³/mol. The van der Waals surface area contributed by atoms with Gasteiger partial charge in [-0.2, -0.15) is 5.10 Å². The van der Waals surface area contributed by atoms with Gasteiger partial charge in [0.25, 0.3) is 0 Å². The standard InChI is InChI=1S/C20H25N5O/c26-20(23-22-16-19-7-4-9-21-15-19)8-10-24-11-13-25(14-12-24)17-18-5-2-1-3-6-18/h1-7,9,15-16H,8,10-14,17H2,(H,23,26)/b22-16+. The molecule has 1 aliphatic heterocycles. The summed E-state index contributed by atoms with van der Waals surface area (Å²) in [7, 11) is 0. The fraction of sp³-hybridized carbons (Fsp3) is 0.350. The van der Waals surface area contributed by atoms with Crippen molar-refractivity contribution < 1.29 is 4.79 Å². The van der Waals surface area contributed by atoms with E-state index in [4.69, 9.17) is 0 Å². The maximum atomic E-state index is 11.9. The molecular weight excluding hydrogens is 326 g/mol. The second-order valence-electron chi connectivity index (χ2n) is 6.43. The van der Waals surface area contributed by atoms with Crippen molar-refractivity contribution in [2.45, 2.75) is 13.0 Å². The molecule has 3 rings (SSSR count). The summed E-state index contributed by atoms with van der Waals surface area (Å²) in [6.07, 6.45) is 5.47. The molecule has 0 radical (unpaired) electrons. The third-order valence-electron chi connectivity index (χ3n) is 4.46. The summed E-state index contributed by atoms with van der Waals surface area (Å²) in [6.45, 7) is 5.84. The summed E-state index contributed by atoms with van der Waals surface area (Å²) < 4.78 is 0. The monoisotopic (exact) mass is 351 g/mol. The van der Waals surface area contributed by atoms with Crippen LogP contribution in [0, 0.1) is 0 Å². The van der Waals surface area contributed by atoms with Gasteiger partial charge in [0, 0.05) is 63.6 Å². The highest BCUT2D eigenvalue weighted by atomic mass is 16.2. The second-order valence-corrected chi connectivity index (χ2v) is 6.43. The van der Waals surface area contributed by atoms with E-state index in [1.807, 2.05) is 18.2 Å². The van der Waals surface area contributed by atoms with Crippen LogP contribution in [-0.4, -0.2) is 59.6 Å². The highest BCUT2D eigenvalue weighted by molar-refractivity contribution is 5.82. The fourth-order valence-corrected chi connectivity index (χ4v) is 2.96. The molecule has 0 atom stereocenters. The van der Waals surface area contributed by atoms with Crippen LogP contribution in [0.1, 0.15) is 17.5 Å². The number of hydrogen-bond donors (Lipinski definition) is 1. The average molecular weight is 351 g/mol. The maximum Gasteiger partial charge on any atom is 0.241 e. The van der Waals surface area contributed by atoms with Crippen LogP contribution in [0.15, 0.2) is 60.0 Å². The Morgan fingerprint density at radius 2 is 1.85 bits per heavy atom. The van der Waals surface area contributed by atoms with Crippen molar-refractivity contribution in [2.75, 3.05) is 32.7 Å². The topological polar surface area (TPSA) is 60.8 Å². The summed E-state index contributed by atoms with van der Waals surface area (Å²) in [5, 5.41) is 3.97. The molecule has 2 aromatic rings. The summed E-state index contributed by atoms with van der Waals surface area (Å²) in [5.74, 6) is -0.0585. The number of nitrogens with zero attached hydrogens (tertiary/aromatic N) is 4. The zero-order valence-electron chi connectivity index (χ0n) is 14.9. The average Bonchev–Trinajstić information content (AvgIpc) is 2.69. The first kappa shape index (κ1) is 18.2. The van der Waals surface area contributed by atoms with E-state index in [9.17, 15) is 4.79 Å². The Bertz CT molecular complexity index is 697. The first-order valence-electron chi connectivity index (χ1n) is 9.00. The molecule has 6 nitrogen and oxygen atoms in total. The number of hydrogen-bond acceptors (Lipinski definition) is 5. The van der Waals surface area contributed by atoms with E-state index in [1.54, 1.807) is 18.6 Å². The van der Waals surface area contributed by atoms with Gasteiger partial charge in [-0.05, 0) is 11.6 Å². The van der Waals surface area contributed by atoms with Crippen molar-refractivity contribution in [3.63, 3.8) is 0 Å². The van der Waals surface area contributed by atoms with Crippen LogP contribution in [0.25, 0.3) is 0 Å². The van der Waals surface area contributed by atoms with Crippen molar-refractivity contribution in [1.29, 1.82) is 0 Å². The molecule has 2 heterocycles. The minimum Gasteiger partial charge on any atom is -0.300 e. The van der Waals surface area contributed by atoms with E-state index < -0.39 is 0 Å². The quantitative estimate of drug-likeness (QED) is 0.610. The van der Waals surface area contributed by atoms with Crippen LogP contribution in [0.4, 0.5) is 0 Å². The molecule has 26 heavy (non-hydrogen) atoms. The smallest absolute Gasteiger partial charge is 0.241 e. The summed E-state index contributed by atoms with van der Waals surface area (Å²) in [5.41, 5.74) is 4.79. The van der Waals surface area contributed by atoms with Gasteiger partial charge in [0.1, 0.15) is 0 Å². The molecule has 1 aromatic carbocycles. The van der Waals surface area contributed by atoms with E-state index in [1.165, 1.54) is 5.56 Å². The SMILES string of the molecule is O=C(CCN1CCN(Cc2ccccc2)CC1)N/N=C/c1cccnc1. The zero-order chi connectivity index (χ0) is 18.0. The van der Waals surface area contributed by atoms with Crippen molar-refractivity contribution in [3.8, 4) is 0 Å². The molecule has 0 bridgehead atoms. The van der Waals surface area contributed by atoms with Gasteiger partial charge >= 0.3 is 0 Å². The lowest BCUT2D eigenvalue weighted by Crippen LogP contribution is -2.46. The van der Waals surface area contributed by atoms with Gasteiger partial charge in [0.15, 0.2) is 0 Å². The number of piperazine rings is 1. The van der Waals surface area contributed by atoms with Crippen molar-refractivity contribution in [1.82, 2.24) is 20.2 Å². The summed E-state index contributed by atoms with van der Waals surface area (Å²) in [4.78, 5) is 20.7. The molecule has 1 amide bonds. The number of rotatable bonds is 7. The van der Waals surface area contributed by atoms with Gasteiger partial charge in [-0.1, -0.05) is 36.4 Å². The highest BCUT2D eigenvalue weighted by Crippen LogP contribution is 2.08. The van der Waals surface area contributed by atoms with Crippen LogP contribution in [0.5, 0.6) is 0 Å². The van der Waals surface area contributed by atoms with Crippen molar-refractivity contribution in [3.05, 3.63) is 66.0 Å². The molecule has 1 fully saturated rings. The number of nitrogens with one attached hydrogen (secondary N) is 1. The molecule has 1 aromatic heterocycles. The van der Waals surface area contributed by atoms with E-state index in [0.717, 1.165) is 44.8 Å². The van der Waals surface area contributed by atoms with E-state index in [0.29, 0.717) is 6.42 Å². The van der Waals surface area contributed by atoms with Crippen LogP contribution in [0.3, 0.4) is 0 Å². The molecule has 1 saturated heterocycles. The molecule has 0 aliphatic carbocycles. The molecule has 6 heteroatoms. The zero-order valence-corrected chi connectivity index (χ0v) is 14.9. The Labute approximate surface area is 154 Å². The Morgan fingerprint density at radius 3 is 2.58 bits per heavy atom. The summed E-state index contributed by atoms with van der Waals surface area (Å²) in [6, 6.07) is 14.3. The number of carbonyl (C=O) groups is 1. The third-order valence-corrected chi connectivity index (χ3v) is 4.46. The van der Waals surface area contributed by atoms with E-state index in [2.05, 4.69) is 49.6 Å². The van der Waals surface area contributed by atoms with Crippen molar-refractivity contribution in [2.24, 2.45) is 5.10 Å². The molecule has 0 saturated carbocycles. The Morgan fingerprint density at radius 1 is 1.08 bits per heavy atom. The molecule has 1 aliphatic rings. The summed E-state index contributed by atoms with van der Waals surface area (Å²) >= 11 is 0. The number of carbonyl (C=O) groups excluding carboxylic acids is 1. The fourth-order valence-electron chi connectivity index (χ4n) is 2.96. The van der Waals surface area contributed by atoms with E-state index in [-0.39, 0.29) is 5.91 Å². The predicted octanol–water partition coefficient (Wildman–Crippen LogP) is 1.74. The van der Waals surface area contributed by atoms with Crippen LogP contribution >= 0.6 is 0 Å². The molecule has 0 spiro atoms. The Kier molecular flexibility index (Phi) is 6.87. The number of pyridine rings is 1. The Balaban J connectivity index is 1.32. The van der Waals surface area contributed by atoms with Crippen molar-refractivity contribution >= 4 is 12.1 Å². The second kappa shape index (κ2) is 9.79. The van der Waals surface area contributed by atoms with Gasteiger partial charge in [0.2, 0.25) is 5.91 Å². The van der Waals surface area contributed by atoms with Crippen LogP contribution < -0.4 is 5.43 Å². The highest BCUT2D eigenvalue weighted by Gasteiger charge is 2.17. The lowest BCUT2D eigenvalue weighted by atomic mass is 10.2. The maximum absolute atomic E-state index is 11.9. The van der Waals surface area contributed by atoms with Crippen LogP contribution in [0.2, 0.25) is 0 Å². The van der Waals surface area contributed by atoms with Gasteiger partial charge in [-0.25, -0.2) is 5.43 Å². The minimum atomic E-state index is -0.0585. The third kappa shape index (κ3) is 6.06. The molecule has 0 unspecified atom stereocenters. The minimum absolute atomic E-state index is 0.0585. The number of hydrazone groups is 1. The molecular formula is C20H25N5O.